The molecule has 0 amide bonds. The number of aliphatic hydroxyl groups is 1. The van der Waals surface area contributed by atoms with Crippen LogP contribution in [0, 0.1) is 23.7 Å². The number of ether oxygens (including phenoxy) is 4. The van der Waals surface area contributed by atoms with Crippen LogP contribution < -0.4 is 0 Å². The molecule has 0 aromatic carbocycles. The highest BCUT2D eigenvalue weighted by atomic mass is 31.2. The maximum Gasteiger partial charge on any atom is 0.472 e. The van der Waals surface area contributed by atoms with E-state index in [1.54, 1.807) is 0 Å². The average Bonchev–Trinajstić information content (AvgIpc) is 2.45. The minimum Gasteiger partial charge on any atom is -0.462 e. The van der Waals surface area contributed by atoms with Gasteiger partial charge in [-0.2, -0.15) is 0 Å². The number of hydrogen-bond acceptors (Lipinski definition) is 15. The zero-order valence-electron chi connectivity index (χ0n) is 60.9. The Labute approximate surface area is 568 Å². The summed E-state index contributed by atoms with van der Waals surface area (Å²) in [5.41, 5.74) is 0. The van der Waals surface area contributed by atoms with E-state index in [0.29, 0.717) is 37.5 Å². The number of aliphatic hydroxyl groups excluding tert-OH is 1. The molecule has 0 radical (unpaired) electrons. The summed E-state index contributed by atoms with van der Waals surface area (Å²) in [5, 5.41) is 10.6. The molecule has 0 aromatic rings. The van der Waals surface area contributed by atoms with E-state index in [0.717, 1.165) is 108 Å². The Balaban J connectivity index is 5.14. The standard InChI is InChI=1S/C74H144O17P2/c1-64(2)50-42-34-26-20-17-15-13-11-9-10-12-14-16-18-22-30-38-46-54-71(76)84-60-70(91-74(79)57-49-41-33-25-29-37-45-53-67(7)8)63-89-93(82,83)87-59-68(75)58-86-92(80,81)88-62-69(61-85-72(77)55-47-39-32-24-28-36-44-52-66(5)6)90-73(78)56-48-40-31-23-19-21-27-35-43-51-65(3)4/h64-70,75H,9-63H2,1-8H3,(H,80,81)(H,82,83)/t68?,69-,70-/m1/s1. The van der Waals surface area contributed by atoms with Crippen molar-refractivity contribution in [3.05, 3.63) is 0 Å². The lowest BCUT2D eigenvalue weighted by molar-refractivity contribution is -0.161. The van der Waals surface area contributed by atoms with E-state index in [9.17, 15) is 43.2 Å². The number of hydrogen-bond donors (Lipinski definition) is 3. The van der Waals surface area contributed by atoms with E-state index in [-0.39, 0.29) is 25.7 Å². The van der Waals surface area contributed by atoms with E-state index in [1.165, 1.54) is 167 Å². The highest BCUT2D eigenvalue weighted by Gasteiger charge is 2.30. The van der Waals surface area contributed by atoms with Gasteiger partial charge in [-0.15, -0.1) is 0 Å². The molecular weight excluding hydrogens is 1220 g/mol. The third kappa shape index (κ3) is 68.4. The Morgan fingerprint density at radius 3 is 0.667 bits per heavy atom. The summed E-state index contributed by atoms with van der Waals surface area (Å²) in [4.78, 5) is 72.6. The molecule has 3 unspecified atom stereocenters. The first-order valence-corrected chi connectivity index (χ1v) is 41.2. The van der Waals surface area contributed by atoms with Gasteiger partial charge in [0.1, 0.15) is 19.3 Å². The first-order valence-electron chi connectivity index (χ1n) is 38.2. The summed E-state index contributed by atoms with van der Waals surface area (Å²) in [5.74, 6) is 0.832. The van der Waals surface area contributed by atoms with Crippen LogP contribution in [-0.4, -0.2) is 96.7 Å². The number of phosphoric acid groups is 2. The van der Waals surface area contributed by atoms with Crippen LogP contribution in [0.15, 0.2) is 0 Å². The van der Waals surface area contributed by atoms with Crippen molar-refractivity contribution in [3.63, 3.8) is 0 Å². The smallest absolute Gasteiger partial charge is 0.462 e. The number of phosphoric ester groups is 2. The first-order chi connectivity index (χ1) is 44.6. The molecule has 5 atom stereocenters. The van der Waals surface area contributed by atoms with Crippen LogP contribution in [-0.2, 0) is 65.4 Å². The van der Waals surface area contributed by atoms with Gasteiger partial charge in [-0.1, -0.05) is 319 Å². The number of unbranched alkanes of at least 4 members (excludes halogenated alkanes) is 37. The molecule has 0 fully saturated rings. The molecule has 17 nitrogen and oxygen atoms in total. The van der Waals surface area contributed by atoms with Crippen LogP contribution >= 0.6 is 15.6 Å². The normalized spacial score (nSPS) is 14.2. The summed E-state index contributed by atoms with van der Waals surface area (Å²) < 4.78 is 68.3. The van der Waals surface area contributed by atoms with Gasteiger partial charge in [-0.3, -0.25) is 37.3 Å². The molecule has 3 N–H and O–H groups in total. The van der Waals surface area contributed by atoms with Crippen LogP contribution in [0.4, 0.5) is 0 Å². The zero-order valence-corrected chi connectivity index (χ0v) is 62.7. The second-order valence-electron chi connectivity index (χ2n) is 28.6. The van der Waals surface area contributed by atoms with E-state index in [4.69, 9.17) is 37.0 Å². The molecule has 0 spiro atoms. The van der Waals surface area contributed by atoms with Crippen LogP contribution in [0.5, 0.6) is 0 Å². The van der Waals surface area contributed by atoms with Gasteiger partial charge in [-0.05, 0) is 49.4 Å². The lowest BCUT2D eigenvalue weighted by Crippen LogP contribution is -2.30. The third-order valence-electron chi connectivity index (χ3n) is 17.1. The number of carbonyl (C=O) groups is 4. The fourth-order valence-corrected chi connectivity index (χ4v) is 12.8. The fraction of sp³-hybridized carbons (Fsp3) is 0.946. The van der Waals surface area contributed by atoms with Crippen LogP contribution in [0.25, 0.3) is 0 Å². The van der Waals surface area contributed by atoms with E-state index >= 15 is 0 Å². The molecular formula is C74H144O17P2. The number of esters is 4. The molecule has 0 rings (SSSR count). The minimum atomic E-state index is -4.95. The van der Waals surface area contributed by atoms with Gasteiger partial charge in [0.25, 0.3) is 0 Å². The van der Waals surface area contributed by atoms with Crippen LogP contribution in [0.1, 0.15) is 370 Å². The second-order valence-corrected chi connectivity index (χ2v) is 31.5. The van der Waals surface area contributed by atoms with Crippen molar-refractivity contribution in [1.82, 2.24) is 0 Å². The molecule has 0 saturated carbocycles. The lowest BCUT2D eigenvalue weighted by Gasteiger charge is -2.21. The van der Waals surface area contributed by atoms with E-state index < -0.39 is 97.5 Å². The topological polar surface area (TPSA) is 237 Å². The van der Waals surface area contributed by atoms with E-state index in [2.05, 4.69) is 55.4 Å². The third-order valence-corrected chi connectivity index (χ3v) is 19.0. The quantitative estimate of drug-likeness (QED) is 0.0222. The van der Waals surface area contributed by atoms with Gasteiger partial charge in [0.15, 0.2) is 12.2 Å². The van der Waals surface area contributed by atoms with Crippen molar-refractivity contribution in [3.8, 4) is 0 Å². The molecule has 552 valence electrons. The van der Waals surface area contributed by atoms with Crippen molar-refractivity contribution < 1.29 is 80.2 Å². The van der Waals surface area contributed by atoms with Crippen molar-refractivity contribution in [2.24, 2.45) is 23.7 Å². The molecule has 0 saturated heterocycles. The van der Waals surface area contributed by atoms with Crippen molar-refractivity contribution in [1.29, 1.82) is 0 Å². The summed E-state index contributed by atoms with van der Waals surface area (Å²) >= 11 is 0. The van der Waals surface area contributed by atoms with Gasteiger partial charge in [0.05, 0.1) is 26.4 Å². The average molecular weight is 1370 g/mol. The largest absolute Gasteiger partial charge is 0.472 e. The highest BCUT2D eigenvalue weighted by Crippen LogP contribution is 2.45. The van der Waals surface area contributed by atoms with Gasteiger partial charge in [0.2, 0.25) is 0 Å². The molecule has 0 aromatic heterocycles. The molecule has 0 aliphatic carbocycles. The Kier molecular flexibility index (Phi) is 62.2. The lowest BCUT2D eigenvalue weighted by atomic mass is 10.0. The maximum absolute atomic E-state index is 13.0. The van der Waals surface area contributed by atoms with Crippen molar-refractivity contribution in [2.45, 2.75) is 388 Å². The van der Waals surface area contributed by atoms with Crippen LogP contribution in [0.2, 0.25) is 0 Å². The monoisotopic (exact) mass is 1370 g/mol. The number of carbonyl (C=O) groups excluding carboxylic acids is 4. The molecule has 0 aliphatic rings. The Bertz CT molecular complexity index is 1830. The van der Waals surface area contributed by atoms with Gasteiger partial charge < -0.3 is 33.8 Å². The van der Waals surface area contributed by atoms with Crippen molar-refractivity contribution in [2.75, 3.05) is 39.6 Å². The van der Waals surface area contributed by atoms with Gasteiger partial charge in [-0.25, -0.2) is 9.13 Å². The Hall–Kier alpha value is -1.94. The van der Waals surface area contributed by atoms with E-state index in [1.807, 2.05) is 0 Å². The first kappa shape index (κ1) is 91.1. The van der Waals surface area contributed by atoms with Crippen molar-refractivity contribution >= 4 is 39.5 Å². The summed E-state index contributed by atoms with van der Waals surface area (Å²) in [6.45, 7) is 14.1. The predicted octanol–water partition coefficient (Wildman–Crippen LogP) is 21.3. The Morgan fingerprint density at radius 2 is 0.452 bits per heavy atom. The molecule has 19 heteroatoms. The van der Waals surface area contributed by atoms with Crippen LogP contribution in [0.3, 0.4) is 0 Å². The summed E-state index contributed by atoms with van der Waals surface area (Å²) in [6.07, 6.45) is 47.6. The zero-order chi connectivity index (χ0) is 68.9. The maximum atomic E-state index is 13.0. The van der Waals surface area contributed by atoms with Gasteiger partial charge in [0, 0.05) is 25.7 Å². The summed E-state index contributed by atoms with van der Waals surface area (Å²) in [6, 6.07) is 0. The second kappa shape index (κ2) is 63.5. The fourth-order valence-electron chi connectivity index (χ4n) is 11.2. The highest BCUT2D eigenvalue weighted by molar-refractivity contribution is 7.47. The molecule has 0 heterocycles. The predicted molar refractivity (Wildman–Crippen MR) is 377 cm³/mol. The molecule has 93 heavy (non-hydrogen) atoms. The number of rotatable bonds is 71. The minimum absolute atomic E-state index is 0.103. The summed E-state index contributed by atoms with van der Waals surface area (Å²) in [7, 11) is -9.91. The van der Waals surface area contributed by atoms with Gasteiger partial charge >= 0.3 is 39.5 Å². The molecule has 0 bridgehead atoms. The molecule has 0 aliphatic heterocycles. The SMILES string of the molecule is CC(C)CCCCCCCCCCCCCCCCCCCCC(=O)OC[C@H](COP(=O)(O)OCC(O)COP(=O)(O)OC[C@@H](COC(=O)CCCCCCCCCC(C)C)OC(=O)CCCCCCCCCCCC(C)C)OC(=O)CCCCCCCCCC(C)C. The Morgan fingerprint density at radius 1 is 0.269 bits per heavy atom.